The largest absolute Gasteiger partial charge is 0.432 e. The van der Waals surface area contributed by atoms with Crippen molar-refractivity contribution >= 4 is 40.5 Å². The minimum Gasteiger partial charge on any atom is -0.432 e. The molecule has 10 heteroatoms. The molecule has 158 valence electrons. The number of benzene rings is 1. The molecule has 0 saturated heterocycles. The van der Waals surface area contributed by atoms with Gasteiger partial charge < -0.3 is 15.0 Å². The van der Waals surface area contributed by atoms with Gasteiger partial charge in [0, 0.05) is 43.1 Å². The van der Waals surface area contributed by atoms with E-state index >= 15 is 0 Å². The first-order valence-corrected chi connectivity index (χ1v) is 8.98. The summed E-state index contributed by atoms with van der Waals surface area (Å²) in [4.78, 5) is 31.5. The van der Waals surface area contributed by atoms with Crippen LogP contribution in [0.25, 0.3) is 10.9 Å². The highest BCUT2D eigenvalue weighted by molar-refractivity contribution is 6.33. The van der Waals surface area contributed by atoms with Gasteiger partial charge in [0.15, 0.2) is 5.75 Å². The van der Waals surface area contributed by atoms with E-state index in [1.807, 2.05) is 0 Å². The number of nitrogens with zero attached hydrogens (tertiary/aromatic N) is 3. The number of anilines is 1. The molecule has 0 aliphatic carbocycles. The third kappa shape index (κ3) is 6.08. The number of nitrogens with one attached hydrogen (secondary N) is 1. The molecular weight excluding hydrogens is 418 g/mol. The number of fused-ring (bicyclic) bond motifs is 1. The Balaban J connectivity index is 0.000000575. The predicted octanol–water partition coefficient (Wildman–Crippen LogP) is 4.15. The Bertz CT molecular complexity index is 1050. The fourth-order valence-corrected chi connectivity index (χ4v) is 2.51. The molecule has 0 aliphatic heterocycles. The lowest BCUT2D eigenvalue weighted by molar-refractivity contribution is -0.115. The molecule has 3 aromatic rings. The lowest BCUT2D eigenvalue weighted by Crippen LogP contribution is -2.13. The van der Waals surface area contributed by atoms with Crippen LogP contribution in [-0.4, -0.2) is 47.9 Å². The molecule has 2 aromatic heterocycles. The zero-order valence-electron chi connectivity index (χ0n) is 16.4. The van der Waals surface area contributed by atoms with Crippen molar-refractivity contribution in [1.29, 1.82) is 0 Å². The van der Waals surface area contributed by atoms with Crippen LogP contribution in [0.15, 0.2) is 42.7 Å². The van der Waals surface area contributed by atoms with E-state index in [2.05, 4.69) is 20.0 Å². The van der Waals surface area contributed by atoms with E-state index in [9.17, 15) is 18.4 Å². The second-order valence-electron chi connectivity index (χ2n) is 6.22. The molecule has 0 fully saturated rings. The van der Waals surface area contributed by atoms with Gasteiger partial charge in [0.2, 0.25) is 6.41 Å². The summed E-state index contributed by atoms with van der Waals surface area (Å²) in [6.45, 7) is -1.27. The van der Waals surface area contributed by atoms with Gasteiger partial charge in [-0.05, 0) is 31.2 Å². The number of halogens is 3. The van der Waals surface area contributed by atoms with Gasteiger partial charge in [-0.15, -0.1) is 0 Å². The van der Waals surface area contributed by atoms with E-state index in [-0.39, 0.29) is 21.9 Å². The van der Waals surface area contributed by atoms with Gasteiger partial charge in [-0.25, -0.2) is 4.98 Å². The first-order valence-electron chi connectivity index (χ1n) is 8.60. The number of carbonyl (C=O) groups is 2. The van der Waals surface area contributed by atoms with Gasteiger partial charge in [0.05, 0.1) is 10.7 Å². The lowest BCUT2D eigenvalue weighted by Gasteiger charge is -2.12. The standard InChI is InChI=1S/C17H12ClF2N3O2.C3H7NO/c1-9-2-3-10-11(4-5-14(15(10)22-9)25-17(19)20)16(24)23-13-6-7-21-8-12(13)18;1-4(2)3-5/h2-8,17H,1H3,(H,21,23,24);3H,1-2H3. The number of rotatable bonds is 5. The van der Waals surface area contributed by atoms with Crippen LogP contribution in [0.5, 0.6) is 5.75 Å². The van der Waals surface area contributed by atoms with Crippen LogP contribution in [0.1, 0.15) is 16.1 Å². The summed E-state index contributed by atoms with van der Waals surface area (Å²) in [6.07, 6.45) is 3.64. The highest BCUT2D eigenvalue weighted by Crippen LogP contribution is 2.29. The number of carbonyl (C=O) groups excluding carboxylic acids is 2. The molecule has 2 amide bonds. The van der Waals surface area contributed by atoms with Gasteiger partial charge >= 0.3 is 6.61 Å². The fraction of sp³-hybridized carbons (Fsp3) is 0.200. The van der Waals surface area contributed by atoms with Crippen LogP contribution in [-0.2, 0) is 4.79 Å². The summed E-state index contributed by atoms with van der Waals surface area (Å²) in [6, 6.07) is 7.58. The molecule has 1 N–H and O–H groups in total. The van der Waals surface area contributed by atoms with Crippen LogP contribution < -0.4 is 10.1 Å². The number of aryl methyl sites for hydroxylation is 1. The van der Waals surface area contributed by atoms with E-state index in [1.54, 1.807) is 39.2 Å². The summed E-state index contributed by atoms with van der Waals surface area (Å²) in [5.41, 5.74) is 1.45. The maximum Gasteiger partial charge on any atom is 0.387 e. The SMILES string of the molecule is CN(C)C=O.Cc1ccc2c(C(=O)Nc3ccncc3Cl)ccc(OC(F)F)c2n1. The van der Waals surface area contributed by atoms with Crippen molar-refractivity contribution in [3.05, 3.63) is 59.0 Å². The van der Waals surface area contributed by atoms with E-state index in [4.69, 9.17) is 11.6 Å². The van der Waals surface area contributed by atoms with Crippen molar-refractivity contribution in [3.63, 3.8) is 0 Å². The third-order valence-electron chi connectivity index (χ3n) is 3.65. The Hall–Kier alpha value is -3.33. The summed E-state index contributed by atoms with van der Waals surface area (Å²) in [5, 5.41) is 3.34. The highest BCUT2D eigenvalue weighted by Gasteiger charge is 2.17. The van der Waals surface area contributed by atoms with Crippen LogP contribution in [0.2, 0.25) is 5.02 Å². The van der Waals surface area contributed by atoms with Crippen molar-refractivity contribution in [2.75, 3.05) is 19.4 Å². The maximum atomic E-state index is 12.6. The quantitative estimate of drug-likeness (QED) is 0.607. The summed E-state index contributed by atoms with van der Waals surface area (Å²) in [7, 11) is 3.38. The van der Waals surface area contributed by atoms with Crippen LogP contribution in [0, 0.1) is 6.92 Å². The van der Waals surface area contributed by atoms with Crippen molar-refractivity contribution in [1.82, 2.24) is 14.9 Å². The number of aromatic nitrogens is 2. The second kappa shape index (κ2) is 10.4. The average molecular weight is 437 g/mol. The zero-order chi connectivity index (χ0) is 22.3. The number of hydrogen-bond acceptors (Lipinski definition) is 5. The Morgan fingerprint density at radius 3 is 2.53 bits per heavy atom. The number of hydrogen-bond donors (Lipinski definition) is 1. The predicted molar refractivity (Wildman–Crippen MR) is 110 cm³/mol. The molecule has 0 saturated carbocycles. The number of alkyl halides is 2. The second-order valence-corrected chi connectivity index (χ2v) is 6.62. The first-order chi connectivity index (χ1) is 14.2. The number of pyridine rings is 2. The van der Waals surface area contributed by atoms with Crippen molar-refractivity contribution in [2.24, 2.45) is 0 Å². The number of ether oxygens (including phenoxy) is 1. The average Bonchev–Trinajstić information content (AvgIpc) is 2.70. The molecule has 0 atom stereocenters. The van der Waals surface area contributed by atoms with Crippen LogP contribution in [0.4, 0.5) is 14.5 Å². The minimum absolute atomic E-state index is 0.0906. The van der Waals surface area contributed by atoms with Crippen molar-refractivity contribution in [2.45, 2.75) is 13.5 Å². The normalized spacial score (nSPS) is 10.2. The van der Waals surface area contributed by atoms with E-state index in [1.165, 1.54) is 29.4 Å². The van der Waals surface area contributed by atoms with Crippen molar-refractivity contribution in [3.8, 4) is 5.75 Å². The Kier molecular flexibility index (Phi) is 7.99. The van der Waals surface area contributed by atoms with Gasteiger partial charge in [0.1, 0.15) is 5.52 Å². The first kappa shape index (κ1) is 23.0. The molecule has 2 heterocycles. The highest BCUT2D eigenvalue weighted by atomic mass is 35.5. The smallest absolute Gasteiger partial charge is 0.387 e. The molecule has 1 aromatic carbocycles. The van der Waals surface area contributed by atoms with Gasteiger partial charge in [-0.1, -0.05) is 17.7 Å². The van der Waals surface area contributed by atoms with Crippen LogP contribution in [0.3, 0.4) is 0 Å². The monoisotopic (exact) mass is 436 g/mol. The Labute approximate surface area is 176 Å². The molecular formula is C20H19ClF2N4O3. The van der Waals surface area contributed by atoms with Gasteiger partial charge in [0.25, 0.3) is 5.91 Å². The fourth-order valence-electron chi connectivity index (χ4n) is 2.34. The van der Waals surface area contributed by atoms with Crippen molar-refractivity contribution < 1.29 is 23.1 Å². The molecule has 0 bridgehead atoms. The molecule has 0 spiro atoms. The van der Waals surface area contributed by atoms with E-state index in [0.717, 1.165) is 6.41 Å². The van der Waals surface area contributed by atoms with Crippen LogP contribution >= 0.6 is 11.6 Å². The lowest BCUT2D eigenvalue weighted by atomic mass is 10.1. The zero-order valence-corrected chi connectivity index (χ0v) is 17.2. The summed E-state index contributed by atoms with van der Waals surface area (Å²) < 4.78 is 29.7. The topological polar surface area (TPSA) is 84.4 Å². The summed E-state index contributed by atoms with van der Waals surface area (Å²) in [5.74, 6) is -0.542. The van der Waals surface area contributed by atoms with Gasteiger partial charge in [-0.2, -0.15) is 8.78 Å². The molecule has 0 aliphatic rings. The molecule has 0 radical (unpaired) electrons. The number of amides is 2. The Morgan fingerprint density at radius 2 is 1.93 bits per heavy atom. The van der Waals surface area contributed by atoms with E-state index in [0.29, 0.717) is 16.8 Å². The third-order valence-corrected chi connectivity index (χ3v) is 3.95. The Morgan fingerprint density at radius 1 is 1.23 bits per heavy atom. The molecule has 7 nitrogen and oxygen atoms in total. The van der Waals surface area contributed by atoms with E-state index < -0.39 is 12.5 Å². The molecule has 0 unspecified atom stereocenters. The minimum atomic E-state index is -2.99. The maximum absolute atomic E-state index is 12.6. The molecule has 3 rings (SSSR count). The summed E-state index contributed by atoms with van der Waals surface area (Å²) >= 11 is 5.98. The molecule has 30 heavy (non-hydrogen) atoms. The van der Waals surface area contributed by atoms with Gasteiger partial charge in [-0.3, -0.25) is 14.6 Å².